The van der Waals surface area contributed by atoms with E-state index in [0.29, 0.717) is 0 Å². The van der Waals surface area contributed by atoms with Gasteiger partial charge in [-0.1, -0.05) is 34.1 Å². The van der Waals surface area contributed by atoms with Crippen molar-refractivity contribution in [2.24, 2.45) is 5.73 Å². The van der Waals surface area contributed by atoms with Crippen LogP contribution >= 0.6 is 15.9 Å². The van der Waals surface area contributed by atoms with Gasteiger partial charge in [0.25, 0.3) is 5.69 Å². The Bertz CT molecular complexity index is 381. The second kappa shape index (κ2) is 4.19. The van der Waals surface area contributed by atoms with Gasteiger partial charge >= 0.3 is 0 Å². The number of nitro groups is 1. The molecule has 5 nitrogen and oxygen atoms in total. The van der Waals surface area contributed by atoms with Gasteiger partial charge in [-0.2, -0.15) is 0 Å². The second-order valence-electron chi connectivity index (χ2n) is 2.58. The van der Waals surface area contributed by atoms with Gasteiger partial charge in [0.15, 0.2) is 0 Å². The third-order valence-electron chi connectivity index (χ3n) is 1.66. The molecule has 6 heteroatoms. The lowest BCUT2D eigenvalue weighted by molar-refractivity contribution is -0.385. The molecule has 0 aromatic heterocycles. The largest absolute Gasteiger partial charge is 0.368 e. The molecule has 1 aromatic carbocycles. The molecule has 0 bridgehead atoms. The van der Waals surface area contributed by atoms with E-state index in [1.54, 1.807) is 6.07 Å². The molecule has 14 heavy (non-hydrogen) atoms. The Morgan fingerprint density at radius 1 is 1.50 bits per heavy atom. The Morgan fingerprint density at radius 3 is 2.57 bits per heavy atom. The number of halogens is 1. The number of alkyl halides is 1. The standard InChI is InChI=1S/C8H7BrN2O3/c9-7(8(10)12)5-3-1-2-4-6(5)11(13)14/h1-4,7H,(H2,10,12). The summed E-state index contributed by atoms with van der Waals surface area (Å²) in [6, 6.07) is 5.96. The number of hydrogen-bond donors (Lipinski definition) is 1. The van der Waals surface area contributed by atoms with Crippen LogP contribution in [-0.2, 0) is 4.79 Å². The molecule has 1 atom stereocenters. The minimum atomic E-state index is -0.830. The van der Waals surface area contributed by atoms with Gasteiger partial charge < -0.3 is 5.73 Å². The molecule has 1 unspecified atom stereocenters. The summed E-state index contributed by atoms with van der Waals surface area (Å²) in [5.74, 6) is -0.653. The highest BCUT2D eigenvalue weighted by atomic mass is 79.9. The first-order valence-corrected chi connectivity index (χ1v) is 4.62. The van der Waals surface area contributed by atoms with Crippen molar-refractivity contribution < 1.29 is 9.72 Å². The van der Waals surface area contributed by atoms with Gasteiger partial charge in [0.2, 0.25) is 5.91 Å². The van der Waals surface area contributed by atoms with E-state index in [1.165, 1.54) is 18.2 Å². The molecular formula is C8H7BrN2O3. The van der Waals surface area contributed by atoms with Crippen LogP contribution in [0.5, 0.6) is 0 Å². The Labute approximate surface area is 88.2 Å². The highest BCUT2D eigenvalue weighted by Crippen LogP contribution is 2.30. The number of nitrogens with two attached hydrogens (primary N) is 1. The molecule has 1 amide bonds. The van der Waals surface area contributed by atoms with Gasteiger partial charge in [0.1, 0.15) is 4.83 Å². The molecule has 0 aliphatic rings. The van der Waals surface area contributed by atoms with Gasteiger partial charge in [-0.25, -0.2) is 0 Å². The Kier molecular flexibility index (Phi) is 3.19. The van der Waals surface area contributed by atoms with Crippen molar-refractivity contribution in [1.82, 2.24) is 0 Å². The van der Waals surface area contributed by atoms with Crippen LogP contribution in [0.3, 0.4) is 0 Å². The summed E-state index contributed by atoms with van der Waals surface area (Å²) in [6.07, 6.45) is 0. The zero-order valence-corrected chi connectivity index (χ0v) is 8.60. The minimum Gasteiger partial charge on any atom is -0.368 e. The molecular weight excluding hydrogens is 252 g/mol. The van der Waals surface area contributed by atoms with Crippen molar-refractivity contribution in [2.45, 2.75) is 4.83 Å². The van der Waals surface area contributed by atoms with Gasteiger partial charge in [0, 0.05) is 6.07 Å². The van der Waals surface area contributed by atoms with Crippen LogP contribution in [0.4, 0.5) is 5.69 Å². The number of nitro benzene ring substituents is 1. The normalized spacial score (nSPS) is 12.1. The first kappa shape index (κ1) is 10.6. The molecule has 0 spiro atoms. The molecule has 0 aliphatic carbocycles. The highest BCUT2D eigenvalue weighted by Gasteiger charge is 2.22. The number of primary amides is 1. The predicted molar refractivity (Wildman–Crippen MR) is 54.0 cm³/mol. The van der Waals surface area contributed by atoms with Crippen LogP contribution in [-0.4, -0.2) is 10.8 Å². The van der Waals surface area contributed by atoms with E-state index in [-0.39, 0.29) is 11.3 Å². The van der Waals surface area contributed by atoms with E-state index in [9.17, 15) is 14.9 Å². The van der Waals surface area contributed by atoms with Gasteiger partial charge in [-0.3, -0.25) is 14.9 Å². The van der Waals surface area contributed by atoms with E-state index in [1.807, 2.05) is 0 Å². The van der Waals surface area contributed by atoms with Crippen molar-refractivity contribution in [3.63, 3.8) is 0 Å². The fourth-order valence-electron chi connectivity index (χ4n) is 1.02. The maximum absolute atomic E-state index is 10.8. The predicted octanol–water partition coefficient (Wildman–Crippen LogP) is 1.52. The smallest absolute Gasteiger partial charge is 0.274 e. The molecule has 0 fully saturated rings. The lowest BCUT2D eigenvalue weighted by Gasteiger charge is -2.05. The molecule has 1 aromatic rings. The van der Waals surface area contributed by atoms with Gasteiger partial charge in [-0.05, 0) is 0 Å². The summed E-state index contributed by atoms with van der Waals surface area (Å²) >= 11 is 2.99. The molecule has 0 heterocycles. The maximum atomic E-state index is 10.8. The number of carbonyl (C=O) groups excluding carboxylic acids is 1. The topological polar surface area (TPSA) is 86.2 Å². The van der Waals surface area contributed by atoms with E-state index in [0.717, 1.165) is 0 Å². The highest BCUT2D eigenvalue weighted by molar-refractivity contribution is 9.09. The third-order valence-corrected chi connectivity index (χ3v) is 2.60. The van der Waals surface area contributed by atoms with Crippen LogP contribution in [0.15, 0.2) is 24.3 Å². The van der Waals surface area contributed by atoms with Crippen molar-refractivity contribution in [3.8, 4) is 0 Å². The summed E-state index contributed by atoms with van der Waals surface area (Å²) in [6.45, 7) is 0. The molecule has 74 valence electrons. The van der Waals surface area contributed by atoms with Crippen molar-refractivity contribution in [2.75, 3.05) is 0 Å². The fraction of sp³-hybridized carbons (Fsp3) is 0.125. The lowest BCUT2D eigenvalue weighted by atomic mass is 10.1. The molecule has 0 radical (unpaired) electrons. The third kappa shape index (κ3) is 2.08. The molecule has 0 saturated heterocycles. The summed E-state index contributed by atoms with van der Waals surface area (Å²) in [5, 5.41) is 10.6. The Balaban J connectivity index is 3.19. The van der Waals surface area contributed by atoms with Crippen LogP contribution < -0.4 is 5.73 Å². The Morgan fingerprint density at radius 2 is 2.07 bits per heavy atom. The average molecular weight is 259 g/mol. The maximum Gasteiger partial charge on any atom is 0.274 e. The first-order chi connectivity index (χ1) is 6.54. The second-order valence-corrected chi connectivity index (χ2v) is 3.50. The summed E-state index contributed by atoms with van der Waals surface area (Å²) in [5.41, 5.74) is 5.18. The van der Waals surface area contributed by atoms with E-state index in [4.69, 9.17) is 5.73 Å². The molecule has 2 N–H and O–H groups in total. The SMILES string of the molecule is NC(=O)C(Br)c1ccccc1[N+](=O)[O-]. The molecule has 0 saturated carbocycles. The number of para-hydroxylation sites is 1. The first-order valence-electron chi connectivity index (χ1n) is 3.70. The summed E-state index contributed by atoms with van der Waals surface area (Å²) < 4.78 is 0. The number of carbonyl (C=O) groups is 1. The monoisotopic (exact) mass is 258 g/mol. The van der Waals surface area contributed by atoms with Crippen molar-refractivity contribution in [3.05, 3.63) is 39.9 Å². The fourth-order valence-corrected chi connectivity index (χ4v) is 1.41. The van der Waals surface area contributed by atoms with E-state index in [2.05, 4.69) is 15.9 Å². The van der Waals surface area contributed by atoms with Crippen LogP contribution in [0.1, 0.15) is 10.4 Å². The molecule has 0 aliphatic heterocycles. The number of benzene rings is 1. The zero-order valence-electron chi connectivity index (χ0n) is 7.01. The van der Waals surface area contributed by atoms with Crippen molar-refractivity contribution >= 4 is 27.5 Å². The zero-order chi connectivity index (χ0) is 10.7. The lowest BCUT2D eigenvalue weighted by Crippen LogP contribution is -2.17. The van der Waals surface area contributed by atoms with Crippen LogP contribution in [0.25, 0.3) is 0 Å². The average Bonchev–Trinajstić information content (AvgIpc) is 2.16. The summed E-state index contributed by atoms with van der Waals surface area (Å²) in [7, 11) is 0. The number of rotatable bonds is 3. The summed E-state index contributed by atoms with van der Waals surface area (Å²) in [4.78, 5) is 20.0. The van der Waals surface area contributed by atoms with E-state index >= 15 is 0 Å². The Hall–Kier alpha value is -1.43. The van der Waals surface area contributed by atoms with E-state index < -0.39 is 15.7 Å². The van der Waals surface area contributed by atoms with Gasteiger partial charge in [0.05, 0.1) is 10.5 Å². The van der Waals surface area contributed by atoms with Crippen LogP contribution in [0.2, 0.25) is 0 Å². The van der Waals surface area contributed by atoms with Crippen LogP contribution in [0, 0.1) is 10.1 Å². The number of nitrogens with zero attached hydrogens (tertiary/aromatic N) is 1. The number of hydrogen-bond acceptors (Lipinski definition) is 3. The number of amides is 1. The molecule has 1 rings (SSSR count). The minimum absolute atomic E-state index is 0.117. The van der Waals surface area contributed by atoms with Crippen molar-refractivity contribution in [1.29, 1.82) is 0 Å². The quantitative estimate of drug-likeness (QED) is 0.507. The van der Waals surface area contributed by atoms with Gasteiger partial charge in [-0.15, -0.1) is 0 Å².